The summed E-state index contributed by atoms with van der Waals surface area (Å²) >= 11 is 0. The minimum Gasteiger partial charge on any atom is -0.362 e. The van der Waals surface area contributed by atoms with Gasteiger partial charge in [-0.25, -0.2) is 4.98 Å². The van der Waals surface area contributed by atoms with Gasteiger partial charge in [-0.1, -0.05) is 48.5 Å². The van der Waals surface area contributed by atoms with E-state index in [0.29, 0.717) is 35.7 Å². The molecule has 3 aliphatic rings. The summed E-state index contributed by atoms with van der Waals surface area (Å²) in [6.07, 6.45) is 2.80. The van der Waals surface area contributed by atoms with E-state index in [9.17, 15) is 4.79 Å². The van der Waals surface area contributed by atoms with Gasteiger partial charge in [-0.05, 0) is 46.7 Å². The summed E-state index contributed by atoms with van der Waals surface area (Å²) < 4.78 is 0. The molecule has 2 bridgehead atoms. The molecule has 2 aromatic carbocycles. The Morgan fingerprint density at radius 2 is 1.59 bits per heavy atom. The number of aromatic nitrogens is 1. The molecule has 0 fully saturated rings. The van der Waals surface area contributed by atoms with Crippen LogP contribution in [0, 0.1) is 5.92 Å². The van der Waals surface area contributed by atoms with Gasteiger partial charge in [0.15, 0.2) is 0 Å². The fraction of sp³-hybridized carbons (Fsp3) is 0.280. The van der Waals surface area contributed by atoms with Gasteiger partial charge < -0.3 is 10.2 Å². The van der Waals surface area contributed by atoms with Crippen molar-refractivity contribution in [2.45, 2.75) is 18.3 Å². The summed E-state index contributed by atoms with van der Waals surface area (Å²) in [6.45, 7) is 0.671. The molecule has 1 unspecified atom stereocenters. The van der Waals surface area contributed by atoms with E-state index in [1.165, 1.54) is 22.3 Å². The molecule has 1 heterocycles. The van der Waals surface area contributed by atoms with Crippen molar-refractivity contribution in [2.75, 3.05) is 25.5 Å². The highest BCUT2D eigenvalue weighted by Crippen LogP contribution is 2.55. The summed E-state index contributed by atoms with van der Waals surface area (Å²) in [6, 6.07) is 21.3. The number of hydrogen-bond acceptors (Lipinski definition) is 3. The second-order valence-corrected chi connectivity index (χ2v) is 8.26. The van der Waals surface area contributed by atoms with Crippen LogP contribution in [0.25, 0.3) is 0 Å². The number of nitrogens with one attached hydrogen (secondary N) is 1. The second kappa shape index (κ2) is 7.03. The van der Waals surface area contributed by atoms with Crippen LogP contribution in [0.3, 0.4) is 0 Å². The molecule has 1 N–H and O–H groups in total. The van der Waals surface area contributed by atoms with Gasteiger partial charge >= 0.3 is 0 Å². The zero-order valence-corrected chi connectivity index (χ0v) is 16.8. The van der Waals surface area contributed by atoms with Crippen molar-refractivity contribution in [1.29, 1.82) is 0 Å². The molecule has 0 spiro atoms. The fourth-order valence-electron chi connectivity index (χ4n) is 5.21. The molecule has 3 aromatic rings. The number of pyridine rings is 1. The molecule has 0 aliphatic heterocycles. The lowest BCUT2D eigenvalue weighted by molar-refractivity contribution is 0.0943. The average molecular weight is 383 g/mol. The molecule has 0 saturated heterocycles. The Balaban J connectivity index is 1.42. The fourth-order valence-corrected chi connectivity index (χ4v) is 5.21. The lowest BCUT2D eigenvalue weighted by atomic mass is 9.59. The highest BCUT2D eigenvalue weighted by Gasteiger charge is 2.42. The van der Waals surface area contributed by atoms with Crippen molar-refractivity contribution < 1.29 is 4.79 Å². The van der Waals surface area contributed by atoms with Crippen LogP contribution in [0.4, 0.5) is 5.82 Å². The van der Waals surface area contributed by atoms with Gasteiger partial charge in [-0.2, -0.15) is 0 Å². The Bertz CT molecular complexity index is 1030. The number of anilines is 1. The molecule has 29 heavy (non-hydrogen) atoms. The third-order valence-corrected chi connectivity index (χ3v) is 6.40. The Morgan fingerprint density at radius 3 is 2.21 bits per heavy atom. The first kappa shape index (κ1) is 17.9. The Labute approximate surface area is 171 Å². The SMILES string of the molecule is CN(C)c1ncccc1C(=O)NCC1CC2c3ccccc3C1c1ccccc12. The molecule has 1 aromatic heterocycles. The Kier molecular flexibility index (Phi) is 4.35. The normalized spacial score (nSPS) is 21.2. The minimum atomic E-state index is -0.0511. The van der Waals surface area contributed by atoms with Crippen LogP contribution >= 0.6 is 0 Å². The summed E-state index contributed by atoms with van der Waals surface area (Å²) in [5.41, 5.74) is 6.40. The number of rotatable bonds is 4. The van der Waals surface area contributed by atoms with Gasteiger partial charge in [0.25, 0.3) is 5.91 Å². The smallest absolute Gasteiger partial charge is 0.255 e. The van der Waals surface area contributed by atoms with Crippen molar-refractivity contribution in [1.82, 2.24) is 10.3 Å². The summed E-state index contributed by atoms with van der Waals surface area (Å²) in [5.74, 6) is 1.81. The van der Waals surface area contributed by atoms with E-state index in [-0.39, 0.29) is 5.91 Å². The van der Waals surface area contributed by atoms with E-state index in [0.717, 1.165) is 6.42 Å². The molecule has 1 amide bonds. The number of hydrogen-bond donors (Lipinski definition) is 1. The molecular formula is C25H25N3O. The topological polar surface area (TPSA) is 45.2 Å². The first-order chi connectivity index (χ1) is 14.1. The minimum absolute atomic E-state index is 0.0511. The number of fused-ring (bicyclic) bond motifs is 1. The van der Waals surface area contributed by atoms with Crippen molar-refractivity contribution in [2.24, 2.45) is 5.92 Å². The number of amides is 1. The van der Waals surface area contributed by atoms with Crippen LogP contribution in [0.1, 0.15) is 50.9 Å². The number of benzene rings is 2. The van der Waals surface area contributed by atoms with Crippen molar-refractivity contribution >= 4 is 11.7 Å². The van der Waals surface area contributed by atoms with Gasteiger partial charge in [0.05, 0.1) is 5.56 Å². The Hall–Kier alpha value is -3.14. The molecule has 3 aliphatic carbocycles. The number of carbonyl (C=O) groups is 1. The van der Waals surface area contributed by atoms with Gasteiger partial charge in [0, 0.05) is 38.7 Å². The first-order valence-electron chi connectivity index (χ1n) is 10.2. The molecule has 146 valence electrons. The van der Waals surface area contributed by atoms with Gasteiger partial charge in [0.1, 0.15) is 5.82 Å². The van der Waals surface area contributed by atoms with Crippen LogP contribution in [-0.4, -0.2) is 31.5 Å². The molecular weight excluding hydrogens is 358 g/mol. The largest absolute Gasteiger partial charge is 0.362 e. The zero-order valence-electron chi connectivity index (χ0n) is 16.8. The summed E-state index contributed by atoms with van der Waals surface area (Å²) in [7, 11) is 3.82. The van der Waals surface area contributed by atoms with E-state index < -0.39 is 0 Å². The quantitative estimate of drug-likeness (QED) is 0.735. The highest BCUT2D eigenvalue weighted by atomic mass is 16.1. The standard InChI is InChI=1S/C25H25N3O/c1-28(2)24-21(12-7-13-26-24)25(29)27-15-16-14-22-17-8-3-5-10-19(17)23(16)20-11-6-4-9-18(20)22/h3-13,16,22-23H,14-15H2,1-2H3,(H,27,29). The van der Waals surface area contributed by atoms with Crippen LogP contribution < -0.4 is 10.2 Å². The van der Waals surface area contributed by atoms with E-state index in [1.807, 2.05) is 31.1 Å². The van der Waals surface area contributed by atoms with E-state index in [2.05, 4.69) is 58.8 Å². The third kappa shape index (κ3) is 2.91. The molecule has 4 heteroatoms. The maximum Gasteiger partial charge on any atom is 0.255 e. The monoisotopic (exact) mass is 383 g/mol. The Morgan fingerprint density at radius 1 is 0.966 bits per heavy atom. The summed E-state index contributed by atoms with van der Waals surface area (Å²) in [4.78, 5) is 19.2. The lowest BCUT2D eigenvalue weighted by Gasteiger charge is -2.45. The lowest BCUT2D eigenvalue weighted by Crippen LogP contribution is -2.39. The van der Waals surface area contributed by atoms with Crippen LogP contribution in [0.15, 0.2) is 66.9 Å². The van der Waals surface area contributed by atoms with Gasteiger partial charge in [0.2, 0.25) is 0 Å². The molecule has 4 nitrogen and oxygen atoms in total. The molecule has 0 radical (unpaired) electrons. The second-order valence-electron chi connectivity index (χ2n) is 8.26. The van der Waals surface area contributed by atoms with E-state index in [4.69, 9.17) is 0 Å². The number of carbonyl (C=O) groups excluding carboxylic acids is 1. The van der Waals surface area contributed by atoms with Crippen molar-refractivity contribution in [3.63, 3.8) is 0 Å². The first-order valence-corrected chi connectivity index (χ1v) is 10.2. The maximum absolute atomic E-state index is 12.9. The van der Waals surface area contributed by atoms with Crippen LogP contribution in [0.5, 0.6) is 0 Å². The van der Waals surface area contributed by atoms with Crippen molar-refractivity contribution in [3.8, 4) is 0 Å². The summed E-state index contributed by atoms with van der Waals surface area (Å²) in [5, 5.41) is 3.20. The highest BCUT2D eigenvalue weighted by molar-refractivity contribution is 5.98. The van der Waals surface area contributed by atoms with Crippen molar-refractivity contribution in [3.05, 3.63) is 94.7 Å². The van der Waals surface area contributed by atoms with E-state index >= 15 is 0 Å². The number of nitrogens with zero attached hydrogens (tertiary/aromatic N) is 2. The maximum atomic E-state index is 12.9. The molecule has 1 atom stereocenters. The van der Waals surface area contributed by atoms with Crippen LogP contribution in [-0.2, 0) is 0 Å². The average Bonchev–Trinajstić information content (AvgIpc) is 2.77. The van der Waals surface area contributed by atoms with Gasteiger partial charge in [-0.15, -0.1) is 0 Å². The van der Waals surface area contributed by atoms with Gasteiger partial charge in [-0.3, -0.25) is 4.79 Å². The molecule has 0 saturated carbocycles. The predicted molar refractivity (Wildman–Crippen MR) is 116 cm³/mol. The van der Waals surface area contributed by atoms with Crippen LogP contribution in [0.2, 0.25) is 0 Å². The molecule has 6 rings (SSSR count). The third-order valence-electron chi connectivity index (χ3n) is 6.40. The predicted octanol–water partition coefficient (Wildman–Crippen LogP) is 4.17. The van der Waals surface area contributed by atoms with E-state index in [1.54, 1.807) is 6.20 Å². The zero-order chi connectivity index (χ0) is 20.0.